The van der Waals surface area contributed by atoms with E-state index in [4.69, 9.17) is 0 Å². The van der Waals surface area contributed by atoms with E-state index in [1.54, 1.807) is 42.7 Å². The van der Waals surface area contributed by atoms with Crippen LogP contribution < -0.4 is 0 Å². The van der Waals surface area contributed by atoms with E-state index in [2.05, 4.69) is 4.98 Å². The van der Waals surface area contributed by atoms with Gasteiger partial charge >= 0.3 is 0 Å². The van der Waals surface area contributed by atoms with Gasteiger partial charge in [-0.3, -0.25) is 29.6 Å². The number of benzene rings is 2. The van der Waals surface area contributed by atoms with Crippen LogP contribution >= 0.6 is 0 Å². The fourth-order valence-electron chi connectivity index (χ4n) is 3.06. The van der Waals surface area contributed by atoms with Crippen molar-refractivity contribution in [2.24, 2.45) is 0 Å². The number of nitro benzene ring substituents is 1. The van der Waals surface area contributed by atoms with Gasteiger partial charge < -0.3 is 0 Å². The topological polar surface area (TPSA) is 93.4 Å². The normalized spacial score (nSPS) is 13.4. The van der Waals surface area contributed by atoms with Crippen molar-refractivity contribution in [3.8, 4) is 0 Å². The van der Waals surface area contributed by atoms with Gasteiger partial charge in [0.15, 0.2) is 0 Å². The van der Waals surface area contributed by atoms with Crippen LogP contribution in [0.3, 0.4) is 0 Å². The van der Waals surface area contributed by atoms with E-state index < -0.39 is 16.7 Å². The average Bonchev–Trinajstić information content (AvgIpc) is 2.63. The van der Waals surface area contributed by atoms with Crippen molar-refractivity contribution < 1.29 is 14.5 Å². The van der Waals surface area contributed by atoms with Crippen LogP contribution in [0.5, 0.6) is 0 Å². The molecule has 1 aliphatic rings. The van der Waals surface area contributed by atoms with Gasteiger partial charge in [-0.15, -0.1) is 0 Å². The number of amides is 2. The lowest BCUT2D eigenvalue weighted by atomic mass is 9.93. The maximum Gasteiger partial charge on any atom is 0.270 e. The average molecular weight is 333 g/mol. The quantitative estimate of drug-likeness (QED) is 0.417. The molecule has 1 aromatic heterocycles. The molecule has 0 spiro atoms. The Bertz CT molecular complexity index is 1050. The molecule has 2 amide bonds. The monoisotopic (exact) mass is 333 g/mol. The molecular weight excluding hydrogens is 322 g/mol. The van der Waals surface area contributed by atoms with E-state index in [-0.39, 0.29) is 17.8 Å². The van der Waals surface area contributed by atoms with Gasteiger partial charge in [0.2, 0.25) is 0 Å². The summed E-state index contributed by atoms with van der Waals surface area (Å²) in [6.07, 6.45) is 3.15. The lowest BCUT2D eigenvalue weighted by Gasteiger charge is -2.27. The highest BCUT2D eigenvalue weighted by molar-refractivity contribution is 6.25. The first-order valence-corrected chi connectivity index (χ1v) is 7.52. The number of pyridine rings is 1. The third-order valence-electron chi connectivity index (χ3n) is 4.21. The molecular formula is C18H11N3O4. The highest BCUT2D eigenvalue weighted by Crippen LogP contribution is 2.33. The fourth-order valence-corrected chi connectivity index (χ4v) is 3.06. The predicted octanol–water partition coefficient (Wildman–Crippen LogP) is 2.94. The summed E-state index contributed by atoms with van der Waals surface area (Å²) in [5, 5.41) is 12.1. The fraction of sp³-hybridized carbons (Fsp3) is 0.0556. The molecule has 0 radical (unpaired) electrons. The van der Waals surface area contributed by atoms with Gasteiger partial charge in [-0.25, -0.2) is 0 Å². The highest BCUT2D eigenvalue weighted by Gasteiger charge is 2.34. The number of nitrogens with zero attached hydrogens (tertiary/aromatic N) is 3. The predicted molar refractivity (Wildman–Crippen MR) is 89.0 cm³/mol. The molecule has 0 N–H and O–H groups in total. The lowest BCUT2D eigenvalue weighted by Crippen LogP contribution is -2.39. The Hall–Kier alpha value is -3.61. The zero-order chi connectivity index (χ0) is 17.6. The van der Waals surface area contributed by atoms with Gasteiger partial charge in [-0.2, -0.15) is 0 Å². The number of nitro groups is 1. The Labute approximate surface area is 141 Å². The third-order valence-corrected chi connectivity index (χ3v) is 4.21. The number of imide groups is 1. The molecule has 122 valence electrons. The van der Waals surface area contributed by atoms with Crippen molar-refractivity contribution in [3.05, 3.63) is 81.7 Å². The smallest absolute Gasteiger partial charge is 0.270 e. The second-order valence-electron chi connectivity index (χ2n) is 5.71. The number of hydrogen-bond donors (Lipinski definition) is 0. The van der Waals surface area contributed by atoms with E-state index in [1.165, 1.54) is 12.1 Å². The maximum atomic E-state index is 12.9. The van der Waals surface area contributed by atoms with Crippen molar-refractivity contribution in [2.45, 2.75) is 6.54 Å². The molecule has 7 heteroatoms. The molecule has 0 fully saturated rings. The van der Waals surface area contributed by atoms with Crippen molar-refractivity contribution in [1.29, 1.82) is 0 Å². The van der Waals surface area contributed by atoms with Crippen molar-refractivity contribution in [2.75, 3.05) is 0 Å². The van der Waals surface area contributed by atoms with Crippen LogP contribution in [0.1, 0.15) is 26.3 Å². The van der Waals surface area contributed by atoms with Crippen LogP contribution in [0.25, 0.3) is 10.8 Å². The Kier molecular flexibility index (Phi) is 3.28. The minimum absolute atomic E-state index is 0.0820. The first-order valence-electron chi connectivity index (χ1n) is 7.52. The molecule has 0 aliphatic carbocycles. The zero-order valence-electron chi connectivity index (χ0n) is 12.9. The van der Waals surface area contributed by atoms with Crippen LogP contribution in [-0.4, -0.2) is 26.6 Å². The van der Waals surface area contributed by atoms with Gasteiger partial charge in [-0.1, -0.05) is 12.1 Å². The second-order valence-corrected chi connectivity index (χ2v) is 5.71. The molecule has 3 aromatic rings. The number of non-ortho nitro benzene ring substituents is 1. The summed E-state index contributed by atoms with van der Waals surface area (Å²) < 4.78 is 0. The van der Waals surface area contributed by atoms with Gasteiger partial charge in [0.1, 0.15) is 0 Å². The van der Waals surface area contributed by atoms with Crippen LogP contribution in [0.4, 0.5) is 5.69 Å². The standard InChI is InChI=1S/C18H11N3O4/c22-17-14-3-1-2-12-8-13(21(24)25)9-15(16(12)14)18(23)20(17)10-11-4-6-19-7-5-11/h1-9H,10H2. The molecule has 25 heavy (non-hydrogen) atoms. The van der Waals surface area contributed by atoms with Crippen molar-refractivity contribution in [3.63, 3.8) is 0 Å². The maximum absolute atomic E-state index is 12.9. The SMILES string of the molecule is O=C1c2cccc3cc([N+](=O)[O-])cc(c23)C(=O)N1Cc1ccncc1. The summed E-state index contributed by atoms with van der Waals surface area (Å²) >= 11 is 0. The number of aromatic nitrogens is 1. The van der Waals surface area contributed by atoms with Gasteiger partial charge in [0, 0.05) is 35.5 Å². The molecule has 2 aromatic carbocycles. The largest absolute Gasteiger partial charge is 0.270 e. The third kappa shape index (κ3) is 2.33. The summed E-state index contributed by atoms with van der Waals surface area (Å²) in [6, 6.07) is 11.0. The first-order chi connectivity index (χ1) is 12.1. The summed E-state index contributed by atoms with van der Waals surface area (Å²) in [4.78, 5) is 41.3. The highest BCUT2D eigenvalue weighted by atomic mass is 16.6. The van der Waals surface area contributed by atoms with Crippen LogP contribution in [0.2, 0.25) is 0 Å². The van der Waals surface area contributed by atoms with Gasteiger partial charge in [0.25, 0.3) is 17.5 Å². The van der Waals surface area contributed by atoms with Crippen LogP contribution in [0.15, 0.2) is 54.9 Å². The molecule has 0 bridgehead atoms. The van der Waals surface area contributed by atoms with E-state index in [9.17, 15) is 19.7 Å². The first kappa shape index (κ1) is 14.9. The zero-order valence-corrected chi connectivity index (χ0v) is 12.9. The minimum atomic E-state index is -0.542. The molecule has 0 unspecified atom stereocenters. The van der Waals surface area contributed by atoms with Gasteiger partial charge in [0.05, 0.1) is 17.0 Å². The number of hydrogen-bond acceptors (Lipinski definition) is 5. The Morgan fingerprint density at radius 1 is 1.00 bits per heavy atom. The van der Waals surface area contributed by atoms with E-state index in [0.717, 1.165) is 10.5 Å². The minimum Gasteiger partial charge on any atom is -0.270 e. The van der Waals surface area contributed by atoms with E-state index in [0.29, 0.717) is 16.3 Å². The lowest BCUT2D eigenvalue weighted by molar-refractivity contribution is -0.384. The molecule has 0 atom stereocenters. The Morgan fingerprint density at radius 3 is 2.44 bits per heavy atom. The summed E-state index contributed by atoms with van der Waals surface area (Å²) in [5.74, 6) is -0.942. The number of carbonyl (C=O) groups excluding carboxylic acids is 2. The molecule has 7 nitrogen and oxygen atoms in total. The van der Waals surface area contributed by atoms with Crippen LogP contribution in [-0.2, 0) is 6.54 Å². The number of rotatable bonds is 3. The van der Waals surface area contributed by atoms with Crippen molar-refractivity contribution in [1.82, 2.24) is 9.88 Å². The second kappa shape index (κ2) is 5.48. The Balaban J connectivity index is 1.89. The van der Waals surface area contributed by atoms with E-state index in [1.807, 2.05) is 0 Å². The Morgan fingerprint density at radius 2 is 1.72 bits per heavy atom. The molecule has 2 heterocycles. The summed E-state index contributed by atoms with van der Waals surface area (Å²) in [7, 11) is 0. The van der Waals surface area contributed by atoms with Crippen molar-refractivity contribution >= 4 is 28.3 Å². The van der Waals surface area contributed by atoms with Crippen LogP contribution in [0, 0.1) is 10.1 Å². The summed E-state index contributed by atoms with van der Waals surface area (Å²) in [6.45, 7) is 0.0820. The molecule has 4 rings (SSSR count). The molecule has 0 saturated heterocycles. The summed E-state index contributed by atoms with van der Waals surface area (Å²) in [5.41, 5.74) is 1.12. The number of carbonyl (C=O) groups is 2. The van der Waals surface area contributed by atoms with Gasteiger partial charge in [-0.05, 0) is 29.1 Å². The molecule has 1 aliphatic heterocycles. The molecule has 0 saturated carbocycles. The van der Waals surface area contributed by atoms with E-state index >= 15 is 0 Å².